The van der Waals surface area contributed by atoms with Gasteiger partial charge in [0.15, 0.2) is 0 Å². The number of benzene rings is 2. The predicted octanol–water partition coefficient (Wildman–Crippen LogP) is 3.17. The lowest BCUT2D eigenvalue weighted by atomic mass is 10.2. The second-order valence-electron chi connectivity index (χ2n) is 6.33. The summed E-state index contributed by atoms with van der Waals surface area (Å²) in [5.74, 6) is -0.810. The Balaban J connectivity index is 1.76. The Bertz CT molecular complexity index is 1190. The summed E-state index contributed by atoms with van der Waals surface area (Å²) in [7, 11) is -2.62. The number of carbonyl (C=O) groups is 2. The van der Waals surface area contributed by atoms with Crippen LogP contribution in [0.5, 0.6) is 0 Å². The molecule has 0 saturated heterocycles. The summed E-state index contributed by atoms with van der Waals surface area (Å²) >= 11 is 0. The summed E-state index contributed by atoms with van der Waals surface area (Å²) in [5, 5.41) is 2.33. The summed E-state index contributed by atoms with van der Waals surface area (Å²) in [4.78, 5) is 24.3. The van der Waals surface area contributed by atoms with Crippen molar-refractivity contribution in [3.8, 4) is 0 Å². The van der Waals surface area contributed by atoms with Gasteiger partial charge < -0.3 is 9.47 Å². The fraction of sp³-hybridized carbons (Fsp3) is 0.0909. The number of hydrogen-bond acceptors (Lipinski definition) is 6. The van der Waals surface area contributed by atoms with Gasteiger partial charge in [0, 0.05) is 12.4 Å². The van der Waals surface area contributed by atoms with Crippen molar-refractivity contribution < 1.29 is 27.5 Å². The minimum Gasteiger partial charge on any atom is -0.464 e. The normalized spacial score (nSPS) is 11.6. The van der Waals surface area contributed by atoms with E-state index >= 15 is 0 Å². The topological polar surface area (TPSA) is 104 Å². The number of nitrogens with one attached hydrogen (secondary N) is 1. The smallest absolute Gasteiger partial charge is 0.412 e. The van der Waals surface area contributed by atoms with Gasteiger partial charge in [-0.2, -0.15) is 0 Å². The van der Waals surface area contributed by atoms with Crippen molar-refractivity contribution in [2.75, 3.05) is 7.11 Å². The fourth-order valence-electron chi connectivity index (χ4n) is 2.63. The average molecular weight is 440 g/mol. The molecular formula is C22H20N2O6S. The molecule has 1 N–H and O–H groups in total. The number of amides is 1. The molecule has 1 aromatic heterocycles. The molecule has 0 bridgehead atoms. The lowest BCUT2D eigenvalue weighted by molar-refractivity contribution is -0.136. The molecule has 31 heavy (non-hydrogen) atoms. The Morgan fingerprint density at radius 3 is 2.29 bits per heavy atom. The van der Waals surface area contributed by atoms with Crippen LogP contribution in [-0.4, -0.2) is 31.6 Å². The van der Waals surface area contributed by atoms with Crippen LogP contribution in [0.3, 0.4) is 0 Å². The van der Waals surface area contributed by atoms with E-state index in [9.17, 15) is 18.0 Å². The molecule has 3 rings (SSSR count). The Kier molecular flexibility index (Phi) is 6.88. The first-order chi connectivity index (χ1) is 14.9. The highest BCUT2D eigenvalue weighted by atomic mass is 32.2. The number of nitrogens with zero attached hydrogens (tertiary/aromatic N) is 1. The molecule has 0 fully saturated rings. The first-order valence-electron chi connectivity index (χ1n) is 9.16. The van der Waals surface area contributed by atoms with Gasteiger partial charge >= 0.3 is 12.1 Å². The van der Waals surface area contributed by atoms with Crippen molar-refractivity contribution in [2.45, 2.75) is 11.5 Å². The third kappa shape index (κ3) is 5.61. The van der Waals surface area contributed by atoms with E-state index in [1.165, 1.54) is 36.7 Å². The highest BCUT2D eigenvalue weighted by Crippen LogP contribution is 2.16. The third-order valence-corrected chi connectivity index (χ3v) is 5.82. The van der Waals surface area contributed by atoms with Gasteiger partial charge in [-0.15, -0.1) is 0 Å². The number of aromatic nitrogens is 1. The Hall–Kier alpha value is -3.85. The monoisotopic (exact) mass is 440 g/mol. The number of ether oxygens (including phenoxy) is 2. The van der Waals surface area contributed by atoms with E-state index in [2.05, 4.69) is 10.1 Å². The molecular weight excluding hydrogens is 420 g/mol. The van der Waals surface area contributed by atoms with Gasteiger partial charge in [-0.3, -0.25) is 5.32 Å². The van der Waals surface area contributed by atoms with Crippen LogP contribution in [0.2, 0.25) is 0 Å². The summed E-state index contributed by atoms with van der Waals surface area (Å²) in [6, 6.07) is 18.5. The zero-order valence-electron chi connectivity index (χ0n) is 16.6. The second kappa shape index (κ2) is 9.77. The molecule has 1 amide bonds. The molecule has 0 aliphatic rings. The maximum Gasteiger partial charge on any atom is 0.412 e. The number of hydrogen-bond donors (Lipinski definition) is 1. The Morgan fingerprint density at radius 1 is 1.00 bits per heavy atom. The fourth-order valence-corrected chi connectivity index (χ4v) is 3.86. The van der Waals surface area contributed by atoms with Crippen LogP contribution in [0.4, 0.5) is 4.79 Å². The number of carbonyl (C=O) groups excluding carboxylic acids is 2. The van der Waals surface area contributed by atoms with E-state index in [0.29, 0.717) is 5.56 Å². The quantitative estimate of drug-likeness (QED) is 0.447. The van der Waals surface area contributed by atoms with Crippen molar-refractivity contribution in [1.82, 2.24) is 9.29 Å². The number of alkyl carbamates (subject to hydrolysis) is 1. The maximum absolute atomic E-state index is 12.7. The van der Waals surface area contributed by atoms with Crippen LogP contribution >= 0.6 is 0 Å². The zero-order chi connectivity index (χ0) is 22.3. The number of rotatable bonds is 7. The lowest BCUT2D eigenvalue weighted by Crippen LogP contribution is -2.28. The molecule has 3 aromatic rings. The lowest BCUT2D eigenvalue weighted by Gasteiger charge is -2.09. The van der Waals surface area contributed by atoms with E-state index in [4.69, 9.17) is 4.74 Å². The van der Waals surface area contributed by atoms with Crippen LogP contribution < -0.4 is 5.32 Å². The van der Waals surface area contributed by atoms with Gasteiger partial charge in [-0.1, -0.05) is 48.5 Å². The van der Waals surface area contributed by atoms with E-state index in [-0.39, 0.29) is 17.2 Å². The average Bonchev–Trinajstić information content (AvgIpc) is 3.27. The molecule has 0 saturated carbocycles. The third-order valence-electron chi connectivity index (χ3n) is 4.17. The number of esters is 1. The summed E-state index contributed by atoms with van der Waals surface area (Å²) < 4.78 is 36.2. The van der Waals surface area contributed by atoms with Crippen molar-refractivity contribution in [3.05, 3.63) is 95.9 Å². The van der Waals surface area contributed by atoms with Crippen molar-refractivity contribution in [2.24, 2.45) is 0 Å². The molecule has 0 atom stereocenters. The molecule has 0 aliphatic carbocycles. The highest BCUT2D eigenvalue weighted by Gasteiger charge is 2.18. The Labute approximate surface area is 179 Å². The van der Waals surface area contributed by atoms with Gasteiger partial charge in [0.2, 0.25) is 0 Å². The van der Waals surface area contributed by atoms with E-state index < -0.39 is 22.1 Å². The molecule has 0 unspecified atom stereocenters. The molecule has 9 heteroatoms. The van der Waals surface area contributed by atoms with Crippen LogP contribution in [0.25, 0.3) is 6.08 Å². The van der Waals surface area contributed by atoms with Crippen LogP contribution in [0, 0.1) is 0 Å². The zero-order valence-corrected chi connectivity index (χ0v) is 17.4. The molecule has 0 aliphatic heterocycles. The largest absolute Gasteiger partial charge is 0.464 e. The SMILES string of the molecule is COC(=O)/C(=C/c1ccn(S(=O)(=O)c2ccccc2)c1)NC(=O)OCc1ccccc1. The first kappa shape index (κ1) is 21.8. The standard InChI is InChI=1S/C22H20N2O6S/c1-29-21(25)20(23-22(26)30-16-17-8-4-2-5-9-17)14-18-12-13-24(15-18)31(27,28)19-10-6-3-7-11-19/h2-15H,16H2,1H3,(H,23,26)/b20-14-. The van der Waals surface area contributed by atoms with Gasteiger partial charge in [0.05, 0.1) is 12.0 Å². The highest BCUT2D eigenvalue weighted by molar-refractivity contribution is 7.90. The van der Waals surface area contributed by atoms with Crippen LogP contribution in [0.1, 0.15) is 11.1 Å². The van der Waals surface area contributed by atoms with Crippen molar-refractivity contribution >= 4 is 28.2 Å². The van der Waals surface area contributed by atoms with Gasteiger partial charge in [0.25, 0.3) is 10.0 Å². The molecule has 0 spiro atoms. The molecule has 1 heterocycles. The molecule has 0 radical (unpaired) electrons. The molecule has 160 valence electrons. The molecule has 8 nitrogen and oxygen atoms in total. The van der Waals surface area contributed by atoms with E-state index in [0.717, 1.165) is 16.6 Å². The van der Waals surface area contributed by atoms with E-state index in [1.807, 2.05) is 18.2 Å². The van der Waals surface area contributed by atoms with Crippen LogP contribution in [-0.2, 0) is 30.9 Å². The second-order valence-corrected chi connectivity index (χ2v) is 8.17. The molecule has 2 aromatic carbocycles. The van der Waals surface area contributed by atoms with Crippen LogP contribution in [0.15, 0.2) is 89.7 Å². The van der Waals surface area contributed by atoms with Gasteiger partial charge in [-0.25, -0.2) is 22.0 Å². The summed E-state index contributed by atoms with van der Waals surface area (Å²) in [6.07, 6.45) is 3.11. The minimum absolute atomic E-state index is 0.0207. The van der Waals surface area contributed by atoms with Crippen molar-refractivity contribution in [1.29, 1.82) is 0 Å². The maximum atomic E-state index is 12.7. The minimum atomic E-state index is -3.78. The van der Waals surface area contributed by atoms with E-state index in [1.54, 1.807) is 30.3 Å². The van der Waals surface area contributed by atoms with Crippen molar-refractivity contribution in [3.63, 3.8) is 0 Å². The Morgan fingerprint density at radius 2 is 1.65 bits per heavy atom. The first-order valence-corrected chi connectivity index (χ1v) is 10.6. The summed E-state index contributed by atoms with van der Waals surface area (Å²) in [6.45, 7) is 0.0207. The van der Waals surface area contributed by atoms with Gasteiger partial charge in [-0.05, 0) is 35.4 Å². The predicted molar refractivity (Wildman–Crippen MR) is 113 cm³/mol. The summed E-state index contributed by atoms with van der Waals surface area (Å²) in [5.41, 5.74) is 0.947. The number of methoxy groups -OCH3 is 1. The van der Waals surface area contributed by atoms with Gasteiger partial charge in [0.1, 0.15) is 12.3 Å².